The lowest BCUT2D eigenvalue weighted by atomic mass is 10.3. The molecule has 1 N–H and O–H groups in total. The molecule has 1 amide bonds. The first-order chi connectivity index (χ1) is 8.58. The van der Waals surface area contributed by atoms with E-state index in [1.807, 2.05) is 42.8 Å². The molecule has 94 valence electrons. The minimum Gasteiger partial charge on any atom is -0.341 e. The number of carbonyl (C=O) groups is 1. The first-order valence-corrected chi connectivity index (χ1v) is 6.75. The van der Waals surface area contributed by atoms with Gasteiger partial charge in [0.2, 0.25) is 0 Å². The summed E-state index contributed by atoms with van der Waals surface area (Å²) in [7, 11) is 0. The van der Waals surface area contributed by atoms with Gasteiger partial charge in [-0.15, -0.1) is 0 Å². The van der Waals surface area contributed by atoms with Crippen molar-refractivity contribution >= 4 is 34.3 Å². The maximum Gasteiger partial charge on any atom is 0.273 e. The number of nitrogens with one attached hydrogen (secondary N) is 1. The summed E-state index contributed by atoms with van der Waals surface area (Å²) in [4.78, 5) is 16.3. The number of pyridine rings is 1. The van der Waals surface area contributed by atoms with Crippen LogP contribution in [0.5, 0.6) is 0 Å². The third kappa shape index (κ3) is 2.90. The zero-order valence-corrected chi connectivity index (χ0v) is 12.4. The average molecular weight is 355 g/mol. The molecule has 0 spiro atoms. The van der Waals surface area contributed by atoms with E-state index in [1.165, 1.54) is 0 Å². The third-order valence-corrected chi connectivity index (χ3v) is 3.18. The van der Waals surface area contributed by atoms with Crippen LogP contribution in [0.25, 0.3) is 0 Å². The highest BCUT2D eigenvalue weighted by molar-refractivity contribution is 14.1. The molecule has 0 unspecified atom stereocenters. The number of anilines is 1. The molecule has 18 heavy (non-hydrogen) atoms. The molecule has 0 saturated heterocycles. The van der Waals surface area contributed by atoms with E-state index in [-0.39, 0.29) is 11.9 Å². The number of aromatic nitrogens is 2. The molecule has 2 aromatic rings. The Hall–Kier alpha value is -1.37. The van der Waals surface area contributed by atoms with E-state index in [4.69, 9.17) is 0 Å². The van der Waals surface area contributed by atoms with E-state index in [1.54, 1.807) is 12.3 Å². The van der Waals surface area contributed by atoms with Crippen molar-refractivity contribution in [1.29, 1.82) is 0 Å². The van der Waals surface area contributed by atoms with Crippen molar-refractivity contribution in [2.45, 2.75) is 19.9 Å². The summed E-state index contributed by atoms with van der Waals surface area (Å²) in [6.45, 7) is 4.08. The Morgan fingerprint density at radius 1 is 1.39 bits per heavy atom. The predicted octanol–water partition coefficient (Wildman–Crippen LogP) is 3.32. The van der Waals surface area contributed by atoms with E-state index in [2.05, 4.69) is 32.9 Å². The van der Waals surface area contributed by atoms with Gasteiger partial charge in [0.05, 0.1) is 0 Å². The van der Waals surface area contributed by atoms with Crippen LogP contribution < -0.4 is 5.32 Å². The van der Waals surface area contributed by atoms with E-state index in [0.717, 1.165) is 3.57 Å². The van der Waals surface area contributed by atoms with E-state index < -0.39 is 0 Å². The highest BCUT2D eigenvalue weighted by Gasteiger charge is 2.12. The van der Waals surface area contributed by atoms with Crippen LogP contribution in [0.4, 0.5) is 5.82 Å². The molecule has 0 aliphatic rings. The highest BCUT2D eigenvalue weighted by Crippen LogP contribution is 2.13. The lowest BCUT2D eigenvalue weighted by Gasteiger charge is -2.12. The maximum atomic E-state index is 12.1. The van der Waals surface area contributed by atoms with Gasteiger partial charge in [-0.25, -0.2) is 4.98 Å². The number of halogens is 1. The Labute approximate surface area is 120 Å². The SMILES string of the molecule is CC(C)n1cccc1C(=O)Nc1ccc(I)cn1. The average Bonchev–Trinajstić information content (AvgIpc) is 2.81. The van der Waals surface area contributed by atoms with Crippen LogP contribution in [0, 0.1) is 3.57 Å². The molecule has 0 aliphatic carbocycles. The minimum atomic E-state index is -0.137. The van der Waals surface area contributed by atoms with Gasteiger partial charge in [0.1, 0.15) is 11.5 Å². The molecule has 0 fully saturated rings. The Morgan fingerprint density at radius 2 is 2.17 bits per heavy atom. The summed E-state index contributed by atoms with van der Waals surface area (Å²) in [5, 5.41) is 2.79. The summed E-state index contributed by atoms with van der Waals surface area (Å²) in [6.07, 6.45) is 3.62. The molecule has 0 aromatic carbocycles. The van der Waals surface area contributed by atoms with Crippen LogP contribution in [0.2, 0.25) is 0 Å². The number of nitrogens with zero attached hydrogens (tertiary/aromatic N) is 2. The number of hydrogen-bond donors (Lipinski definition) is 1. The van der Waals surface area contributed by atoms with E-state index in [0.29, 0.717) is 11.5 Å². The Kier molecular flexibility index (Phi) is 4.00. The summed E-state index contributed by atoms with van der Waals surface area (Å²) in [5.74, 6) is 0.430. The van der Waals surface area contributed by atoms with Crippen LogP contribution >= 0.6 is 22.6 Å². The summed E-state index contributed by atoms with van der Waals surface area (Å²) in [6, 6.07) is 7.64. The normalized spacial score (nSPS) is 10.7. The van der Waals surface area contributed by atoms with Gasteiger partial charge in [-0.3, -0.25) is 4.79 Å². The van der Waals surface area contributed by atoms with Gasteiger partial charge < -0.3 is 9.88 Å². The van der Waals surface area contributed by atoms with Crippen molar-refractivity contribution < 1.29 is 4.79 Å². The summed E-state index contributed by atoms with van der Waals surface area (Å²) < 4.78 is 2.97. The highest BCUT2D eigenvalue weighted by atomic mass is 127. The topological polar surface area (TPSA) is 46.9 Å². The van der Waals surface area contributed by atoms with Gasteiger partial charge in [-0.05, 0) is 60.7 Å². The molecule has 0 radical (unpaired) electrons. The fourth-order valence-corrected chi connectivity index (χ4v) is 1.99. The Morgan fingerprint density at radius 3 is 2.78 bits per heavy atom. The molecule has 0 aliphatic heterocycles. The molecule has 0 atom stereocenters. The van der Waals surface area contributed by atoms with Gasteiger partial charge in [0.15, 0.2) is 0 Å². The van der Waals surface area contributed by atoms with Crippen LogP contribution in [0.1, 0.15) is 30.4 Å². The second-order valence-corrected chi connectivity index (χ2v) is 5.46. The van der Waals surface area contributed by atoms with Crippen molar-refractivity contribution in [2.75, 3.05) is 5.32 Å². The van der Waals surface area contributed by atoms with Crippen LogP contribution in [-0.2, 0) is 0 Å². The monoisotopic (exact) mass is 355 g/mol. The molecular weight excluding hydrogens is 341 g/mol. The van der Waals surface area contributed by atoms with Gasteiger partial charge >= 0.3 is 0 Å². The van der Waals surface area contributed by atoms with Crippen LogP contribution in [-0.4, -0.2) is 15.5 Å². The Balaban J connectivity index is 2.17. The van der Waals surface area contributed by atoms with Gasteiger partial charge in [-0.2, -0.15) is 0 Å². The number of hydrogen-bond acceptors (Lipinski definition) is 2. The Bertz CT molecular complexity index is 546. The standard InChI is InChI=1S/C13H14IN3O/c1-9(2)17-7-3-4-11(17)13(18)16-12-6-5-10(14)8-15-12/h3-9H,1-2H3,(H,15,16,18). The first kappa shape index (κ1) is 13.1. The maximum absolute atomic E-state index is 12.1. The summed E-state index contributed by atoms with van der Waals surface area (Å²) >= 11 is 2.18. The van der Waals surface area contributed by atoms with Crippen molar-refractivity contribution in [3.05, 3.63) is 45.9 Å². The van der Waals surface area contributed by atoms with Crippen molar-refractivity contribution in [3.63, 3.8) is 0 Å². The zero-order valence-electron chi connectivity index (χ0n) is 10.2. The van der Waals surface area contributed by atoms with Crippen molar-refractivity contribution in [3.8, 4) is 0 Å². The third-order valence-electron chi connectivity index (χ3n) is 2.54. The minimum absolute atomic E-state index is 0.137. The molecule has 2 rings (SSSR count). The molecular formula is C13H14IN3O. The molecule has 2 aromatic heterocycles. The van der Waals surface area contributed by atoms with Gasteiger partial charge in [-0.1, -0.05) is 0 Å². The number of rotatable bonds is 3. The van der Waals surface area contributed by atoms with E-state index >= 15 is 0 Å². The van der Waals surface area contributed by atoms with Crippen LogP contribution in [0.15, 0.2) is 36.7 Å². The second kappa shape index (κ2) is 5.51. The number of carbonyl (C=O) groups excluding carboxylic acids is 1. The van der Waals surface area contributed by atoms with Crippen LogP contribution in [0.3, 0.4) is 0 Å². The number of amides is 1. The summed E-state index contributed by atoms with van der Waals surface area (Å²) in [5.41, 5.74) is 0.644. The quantitative estimate of drug-likeness (QED) is 0.859. The van der Waals surface area contributed by atoms with Crippen molar-refractivity contribution in [1.82, 2.24) is 9.55 Å². The lowest BCUT2D eigenvalue weighted by Crippen LogP contribution is -2.18. The second-order valence-electron chi connectivity index (χ2n) is 4.21. The molecule has 0 bridgehead atoms. The van der Waals surface area contributed by atoms with Gasteiger partial charge in [0, 0.05) is 22.0 Å². The van der Waals surface area contributed by atoms with Gasteiger partial charge in [0.25, 0.3) is 5.91 Å². The fourth-order valence-electron chi connectivity index (χ4n) is 1.67. The zero-order chi connectivity index (χ0) is 13.1. The van der Waals surface area contributed by atoms with Crippen molar-refractivity contribution in [2.24, 2.45) is 0 Å². The molecule has 0 saturated carbocycles. The van der Waals surface area contributed by atoms with E-state index in [9.17, 15) is 4.79 Å². The molecule has 4 nitrogen and oxygen atoms in total. The smallest absolute Gasteiger partial charge is 0.273 e. The molecule has 2 heterocycles. The first-order valence-electron chi connectivity index (χ1n) is 5.67. The molecule has 5 heteroatoms. The lowest BCUT2D eigenvalue weighted by molar-refractivity contribution is 0.101. The predicted molar refractivity (Wildman–Crippen MR) is 79.7 cm³/mol. The largest absolute Gasteiger partial charge is 0.341 e. The fraction of sp³-hybridized carbons (Fsp3) is 0.231.